The molecular weight excluding hydrogens is 448 g/mol. The van der Waals surface area contributed by atoms with Crippen molar-refractivity contribution in [1.82, 2.24) is 15.1 Å². The molecule has 32 heavy (non-hydrogen) atoms. The van der Waals surface area contributed by atoms with Crippen molar-refractivity contribution in [1.29, 1.82) is 0 Å². The van der Waals surface area contributed by atoms with E-state index in [9.17, 15) is 31.1 Å². The molecule has 1 aliphatic heterocycles. The Morgan fingerprint density at radius 2 is 1.75 bits per heavy atom. The largest absolute Gasteiger partial charge is 0.490 e. The van der Waals surface area contributed by atoms with Gasteiger partial charge in [0.15, 0.2) is 0 Å². The summed E-state index contributed by atoms with van der Waals surface area (Å²) in [5.41, 5.74) is -0.492. The Morgan fingerprint density at radius 1 is 1.12 bits per heavy atom. The van der Waals surface area contributed by atoms with Gasteiger partial charge in [0.25, 0.3) is 0 Å². The molecule has 2 aromatic rings. The van der Waals surface area contributed by atoms with E-state index >= 15 is 0 Å². The van der Waals surface area contributed by atoms with Crippen molar-refractivity contribution in [2.45, 2.75) is 18.9 Å². The fraction of sp³-hybridized carbons (Fsp3) is 0.389. The minimum Gasteiger partial charge on any atom is -0.475 e. The molecule has 0 spiro atoms. The molecular formula is C18H19F6N5O3. The molecule has 0 aliphatic carbocycles. The Labute approximate surface area is 177 Å². The summed E-state index contributed by atoms with van der Waals surface area (Å²) in [7, 11) is 0. The highest BCUT2D eigenvalue weighted by molar-refractivity contribution is 5.91. The second-order valence-electron chi connectivity index (χ2n) is 6.52. The fourth-order valence-electron chi connectivity index (χ4n) is 2.76. The smallest absolute Gasteiger partial charge is 0.475 e. The van der Waals surface area contributed by atoms with Crippen LogP contribution in [0.5, 0.6) is 0 Å². The molecule has 1 saturated heterocycles. The van der Waals surface area contributed by atoms with Gasteiger partial charge in [0.2, 0.25) is 5.91 Å². The van der Waals surface area contributed by atoms with Gasteiger partial charge in [0.05, 0.1) is 5.56 Å². The quantitative estimate of drug-likeness (QED) is 0.598. The second-order valence-corrected chi connectivity index (χ2v) is 6.52. The van der Waals surface area contributed by atoms with Crippen LogP contribution in [0.25, 0.3) is 0 Å². The summed E-state index contributed by atoms with van der Waals surface area (Å²) in [6.45, 7) is 2.23. The minimum absolute atomic E-state index is 0.0616. The average molecular weight is 467 g/mol. The summed E-state index contributed by atoms with van der Waals surface area (Å²) >= 11 is 0. The van der Waals surface area contributed by atoms with Crippen molar-refractivity contribution in [3.63, 3.8) is 0 Å². The molecule has 0 unspecified atom stereocenters. The summed E-state index contributed by atoms with van der Waals surface area (Å²) in [4.78, 5) is 22.6. The molecule has 3 rings (SSSR count). The Kier molecular flexibility index (Phi) is 8.08. The zero-order valence-corrected chi connectivity index (χ0v) is 16.4. The van der Waals surface area contributed by atoms with Gasteiger partial charge in [0.1, 0.15) is 6.54 Å². The number of hydrogen-bond donors (Lipinski definition) is 3. The first-order valence-electron chi connectivity index (χ1n) is 9.12. The number of nitrogens with zero attached hydrogens (tertiary/aromatic N) is 3. The zero-order chi connectivity index (χ0) is 23.9. The number of carboxylic acid groups (broad SMARTS) is 1. The predicted octanol–water partition coefficient (Wildman–Crippen LogP) is 2.58. The van der Waals surface area contributed by atoms with Gasteiger partial charge in [-0.15, -0.1) is 0 Å². The SMILES string of the molecule is O=C(Cn1cccn1)Nc1ccc(N2CCNCC2)c(C(F)(F)F)c1.O=C(O)C(F)(F)F. The van der Waals surface area contributed by atoms with Gasteiger partial charge in [-0.2, -0.15) is 31.4 Å². The summed E-state index contributed by atoms with van der Waals surface area (Å²) in [5.74, 6) is -3.20. The lowest BCUT2D eigenvalue weighted by molar-refractivity contribution is -0.192. The van der Waals surface area contributed by atoms with Crippen LogP contribution in [-0.4, -0.2) is 59.1 Å². The van der Waals surface area contributed by atoms with E-state index in [2.05, 4.69) is 15.7 Å². The Morgan fingerprint density at radius 3 is 2.25 bits per heavy atom. The first-order valence-corrected chi connectivity index (χ1v) is 9.12. The first-order chi connectivity index (χ1) is 14.9. The van der Waals surface area contributed by atoms with E-state index in [0.717, 1.165) is 6.07 Å². The van der Waals surface area contributed by atoms with E-state index in [0.29, 0.717) is 26.2 Å². The molecule has 0 radical (unpaired) electrons. The molecule has 1 fully saturated rings. The summed E-state index contributed by atoms with van der Waals surface area (Å²) in [6, 6.07) is 5.56. The summed E-state index contributed by atoms with van der Waals surface area (Å²) in [5, 5.41) is 16.6. The topological polar surface area (TPSA) is 99.5 Å². The van der Waals surface area contributed by atoms with Crippen LogP contribution in [0.2, 0.25) is 0 Å². The number of nitrogens with one attached hydrogen (secondary N) is 2. The molecule has 14 heteroatoms. The van der Waals surface area contributed by atoms with Crippen molar-refractivity contribution in [3.8, 4) is 0 Å². The lowest BCUT2D eigenvalue weighted by Crippen LogP contribution is -2.44. The second kappa shape index (κ2) is 10.3. The molecule has 0 atom stereocenters. The molecule has 1 aromatic heterocycles. The standard InChI is InChI=1S/C16H18F3N5O.C2HF3O2/c17-16(18,19)13-10-12(22-15(25)11-24-7-1-4-21-24)2-3-14(13)23-8-5-20-6-9-23;3-2(4,5)1(6)7/h1-4,7,10,20H,5-6,8-9,11H2,(H,22,25);(H,6,7). The number of carboxylic acids is 1. The Balaban J connectivity index is 0.000000451. The summed E-state index contributed by atoms with van der Waals surface area (Å²) in [6.07, 6.45) is -6.45. The highest BCUT2D eigenvalue weighted by atomic mass is 19.4. The lowest BCUT2D eigenvalue weighted by atomic mass is 10.1. The molecule has 0 saturated carbocycles. The number of benzene rings is 1. The van der Waals surface area contributed by atoms with Crippen molar-refractivity contribution in [2.24, 2.45) is 0 Å². The van der Waals surface area contributed by atoms with Crippen molar-refractivity contribution >= 4 is 23.3 Å². The van der Waals surface area contributed by atoms with Crippen molar-refractivity contribution < 1.29 is 41.0 Å². The molecule has 176 valence electrons. The van der Waals surface area contributed by atoms with Crippen LogP contribution >= 0.6 is 0 Å². The van der Waals surface area contributed by atoms with Crippen LogP contribution in [0.15, 0.2) is 36.7 Å². The van der Waals surface area contributed by atoms with Crippen LogP contribution in [0.3, 0.4) is 0 Å². The predicted molar refractivity (Wildman–Crippen MR) is 101 cm³/mol. The van der Waals surface area contributed by atoms with Gasteiger partial charge in [-0.1, -0.05) is 0 Å². The number of rotatable bonds is 4. The van der Waals surface area contributed by atoms with E-state index in [1.165, 1.54) is 23.0 Å². The van der Waals surface area contributed by atoms with Gasteiger partial charge in [-0.25, -0.2) is 4.79 Å². The minimum atomic E-state index is -5.08. The third kappa shape index (κ3) is 7.44. The monoisotopic (exact) mass is 467 g/mol. The van der Waals surface area contributed by atoms with Crippen molar-refractivity contribution in [3.05, 3.63) is 42.2 Å². The third-order valence-electron chi connectivity index (χ3n) is 4.15. The highest BCUT2D eigenvalue weighted by Crippen LogP contribution is 2.38. The van der Waals surface area contributed by atoms with Gasteiger partial charge in [-0.05, 0) is 24.3 Å². The van der Waals surface area contributed by atoms with Gasteiger partial charge >= 0.3 is 18.3 Å². The molecule has 1 amide bonds. The third-order valence-corrected chi connectivity index (χ3v) is 4.15. The molecule has 8 nitrogen and oxygen atoms in total. The normalized spacial score (nSPS) is 14.4. The number of halogens is 6. The number of piperazine rings is 1. The van der Waals surface area contributed by atoms with E-state index in [-0.39, 0.29) is 17.9 Å². The number of amides is 1. The maximum Gasteiger partial charge on any atom is 0.490 e. The van der Waals surface area contributed by atoms with E-state index in [4.69, 9.17) is 9.90 Å². The Hall–Kier alpha value is -3.29. The number of anilines is 2. The number of carbonyl (C=O) groups excluding carboxylic acids is 1. The van der Waals surface area contributed by atoms with E-state index in [1.807, 2.05) is 0 Å². The fourth-order valence-corrected chi connectivity index (χ4v) is 2.76. The van der Waals surface area contributed by atoms with E-state index in [1.54, 1.807) is 17.2 Å². The number of aromatic nitrogens is 2. The van der Waals surface area contributed by atoms with Crippen LogP contribution < -0.4 is 15.5 Å². The number of aliphatic carboxylic acids is 1. The molecule has 3 N–H and O–H groups in total. The van der Waals surface area contributed by atoms with Gasteiger partial charge < -0.3 is 20.6 Å². The zero-order valence-electron chi connectivity index (χ0n) is 16.4. The van der Waals surface area contributed by atoms with Crippen molar-refractivity contribution in [2.75, 3.05) is 36.4 Å². The maximum atomic E-state index is 13.5. The van der Waals surface area contributed by atoms with Gasteiger partial charge in [0, 0.05) is 49.9 Å². The number of alkyl halides is 6. The van der Waals surface area contributed by atoms with Gasteiger partial charge in [-0.3, -0.25) is 9.48 Å². The molecule has 1 aromatic carbocycles. The highest BCUT2D eigenvalue weighted by Gasteiger charge is 2.38. The van der Waals surface area contributed by atoms with Crippen LogP contribution in [0.4, 0.5) is 37.7 Å². The number of carbonyl (C=O) groups is 2. The van der Waals surface area contributed by atoms with Crippen LogP contribution in [0, 0.1) is 0 Å². The molecule has 1 aliphatic rings. The van der Waals surface area contributed by atoms with Crippen LogP contribution in [0.1, 0.15) is 5.56 Å². The number of hydrogen-bond acceptors (Lipinski definition) is 5. The summed E-state index contributed by atoms with van der Waals surface area (Å²) < 4.78 is 73.5. The average Bonchev–Trinajstić information content (AvgIpc) is 3.20. The molecule has 0 bridgehead atoms. The first kappa shape index (κ1) is 25.0. The van der Waals surface area contributed by atoms with E-state index < -0.39 is 29.8 Å². The lowest BCUT2D eigenvalue weighted by Gasteiger charge is -2.31. The molecule has 2 heterocycles. The van der Waals surface area contributed by atoms with Crippen LogP contribution in [-0.2, 0) is 22.3 Å². The maximum absolute atomic E-state index is 13.5. The Bertz CT molecular complexity index is 909.